The summed E-state index contributed by atoms with van der Waals surface area (Å²) in [5, 5.41) is 0. The fraction of sp³-hybridized carbons (Fsp3) is 0.200. The quantitative estimate of drug-likeness (QED) is 0.706. The lowest BCUT2D eigenvalue weighted by Gasteiger charge is -2.23. The molecule has 1 N–H and O–H groups in total. The Balaban J connectivity index is 2.24. The molecule has 13 heavy (non-hydrogen) atoms. The zero-order chi connectivity index (χ0) is 9.31. The first-order valence-corrected chi connectivity index (χ1v) is 7.13. The van der Waals surface area contributed by atoms with Crippen molar-refractivity contribution in [1.29, 1.82) is 0 Å². The van der Waals surface area contributed by atoms with Crippen molar-refractivity contribution in [3.05, 3.63) is 48.6 Å². The van der Waals surface area contributed by atoms with Crippen LogP contribution in [-0.4, -0.2) is 16.2 Å². The van der Waals surface area contributed by atoms with Crippen LogP contribution in [0.2, 0.25) is 0 Å². The van der Waals surface area contributed by atoms with E-state index in [4.69, 9.17) is 11.8 Å². The minimum atomic E-state index is -2.30. The van der Waals surface area contributed by atoms with Gasteiger partial charge in [0.05, 0.1) is 6.26 Å². The van der Waals surface area contributed by atoms with E-state index in [0.717, 1.165) is 0 Å². The van der Waals surface area contributed by atoms with Crippen LogP contribution in [0.15, 0.2) is 48.6 Å². The van der Waals surface area contributed by atoms with Gasteiger partial charge in [0.1, 0.15) is 0 Å². The SMILES string of the molecule is OP(=S)(C1C=CC=C1)C1C=CC=C1. The molecule has 0 aromatic carbocycles. The maximum atomic E-state index is 10.2. The summed E-state index contributed by atoms with van der Waals surface area (Å²) in [5.74, 6) is 0. The van der Waals surface area contributed by atoms with Crippen molar-refractivity contribution in [1.82, 2.24) is 0 Å². The Morgan fingerprint density at radius 2 is 1.15 bits per heavy atom. The molecule has 3 heteroatoms. The van der Waals surface area contributed by atoms with Crippen LogP contribution in [-0.2, 0) is 11.8 Å². The van der Waals surface area contributed by atoms with Crippen LogP contribution >= 0.6 is 6.26 Å². The zero-order valence-electron chi connectivity index (χ0n) is 7.08. The van der Waals surface area contributed by atoms with E-state index in [9.17, 15) is 4.89 Å². The third-order valence-corrected chi connectivity index (χ3v) is 6.17. The van der Waals surface area contributed by atoms with Gasteiger partial charge in [0, 0.05) is 11.3 Å². The molecule has 0 saturated heterocycles. The van der Waals surface area contributed by atoms with Crippen molar-refractivity contribution in [2.75, 3.05) is 0 Å². The van der Waals surface area contributed by atoms with E-state index >= 15 is 0 Å². The Bertz CT molecular complexity index is 309. The van der Waals surface area contributed by atoms with E-state index in [1.54, 1.807) is 0 Å². The highest BCUT2D eigenvalue weighted by molar-refractivity contribution is 8.12. The lowest BCUT2D eigenvalue weighted by atomic mass is 10.4. The monoisotopic (exact) mass is 210 g/mol. The molecule has 0 heterocycles. The van der Waals surface area contributed by atoms with Crippen molar-refractivity contribution in [3.8, 4) is 0 Å². The first-order chi connectivity index (χ1) is 6.21. The predicted molar refractivity (Wildman–Crippen MR) is 60.6 cm³/mol. The minimum Gasteiger partial charge on any atom is -0.363 e. The van der Waals surface area contributed by atoms with Crippen molar-refractivity contribution in [3.63, 3.8) is 0 Å². The Hall–Kier alpha value is -0.430. The standard InChI is InChI=1S/C10H11OPS/c11-12(13,9-5-1-2-6-9)10-7-3-4-8-10/h1-10H,(H,11,13). The molecule has 0 radical (unpaired) electrons. The fourth-order valence-corrected chi connectivity index (χ4v) is 4.16. The van der Waals surface area contributed by atoms with E-state index in [-0.39, 0.29) is 11.3 Å². The minimum absolute atomic E-state index is 0.0694. The lowest BCUT2D eigenvalue weighted by Crippen LogP contribution is -2.09. The summed E-state index contributed by atoms with van der Waals surface area (Å²) in [6.45, 7) is 0. The van der Waals surface area contributed by atoms with E-state index < -0.39 is 6.26 Å². The Labute approximate surface area is 83.3 Å². The first-order valence-electron chi connectivity index (χ1n) is 4.23. The maximum absolute atomic E-state index is 10.2. The highest BCUT2D eigenvalue weighted by Crippen LogP contribution is 2.55. The van der Waals surface area contributed by atoms with Crippen molar-refractivity contribution >= 4 is 18.1 Å². The molecule has 0 aliphatic heterocycles. The van der Waals surface area contributed by atoms with Gasteiger partial charge in [0.2, 0.25) is 0 Å². The van der Waals surface area contributed by atoms with Crippen LogP contribution in [0.1, 0.15) is 0 Å². The van der Waals surface area contributed by atoms with E-state index in [1.807, 2.05) is 48.6 Å². The van der Waals surface area contributed by atoms with Crippen LogP contribution < -0.4 is 0 Å². The van der Waals surface area contributed by atoms with Gasteiger partial charge in [0.15, 0.2) is 0 Å². The highest BCUT2D eigenvalue weighted by atomic mass is 32.4. The molecule has 2 rings (SSSR count). The largest absolute Gasteiger partial charge is 0.363 e. The molecule has 0 bridgehead atoms. The number of rotatable bonds is 2. The summed E-state index contributed by atoms with van der Waals surface area (Å²) in [4.78, 5) is 10.2. The van der Waals surface area contributed by atoms with Gasteiger partial charge in [-0.2, -0.15) is 0 Å². The highest BCUT2D eigenvalue weighted by Gasteiger charge is 2.30. The van der Waals surface area contributed by atoms with Gasteiger partial charge in [0.25, 0.3) is 0 Å². The number of allylic oxidation sites excluding steroid dienone is 8. The Morgan fingerprint density at radius 3 is 1.46 bits per heavy atom. The summed E-state index contributed by atoms with van der Waals surface area (Å²) in [5.41, 5.74) is 0.139. The lowest BCUT2D eigenvalue weighted by molar-refractivity contribution is 0.616. The van der Waals surface area contributed by atoms with Gasteiger partial charge >= 0.3 is 0 Å². The summed E-state index contributed by atoms with van der Waals surface area (Å²) in [6.07, 6.45) is 13.4. The van der Waals surface area contributed by atoms with E-state index in [1.165, 1.54) is 0 Å². The first kappa shape index (κ1) is 9.14. The average molecular weight is 210 g/mol. The molecule has 0 unspecified atom stereocenters. The molecule has 0 saturated carbocycles. The van der Waals surface area contributed by atoms with Crippen LogP contribution in [0.3, 0.4) is 0 Å². The second kappa shape index (κ2) is 3.38. The molecular formula is C10H11OPS. The molecular weight excluding hydrogens is 199 g/mol. The van der Waals surface area contributed by atoms with Gasteiger partial charge < -0.3 is 4.89 Å². The molecule has 1 nitrogen and oxygen atoms in total. The van der Waals surface area contributed by atoms with Crippen LogP contribution in [0.4, 0.5) is 0 Å². The molecule has 2 aliphatic carbocycles. The van der Waals surface area contributed by atoms with Crippen LogP contribution in [0.5, 0.6) is 0 Å². The van der Waals surface area contributed by atoms with Crippen LogP contribution in [0.25, 0.3) is 0 Å². The molecule has 0 aromatic heterocycles. The average Bonchev–Trinajstić information content (AvgIpc) is 2.78. The van der Waals surface area contributed by atoms with Gasteiger partial charge in [-0.15, -0.1) is 0 Å². The van der Waals surface area contributed by atoms with Crippen LogP contribution in [0, 0.1) is 0 Å². The third-order valence-electron chi connectivity index (χ3n) is 2.31. The van der Waals surface area contributed by atoms with Gasteiger partial charge in [-0.3, -0.25) is 0 Å². The summed E-state index contributed by atoms with van der Waals surface area (Å²) >= 11 is 5.32. The molecule has 0 atom stereocenters. The summed E-state index contributed by atoms with van der Waals surface area (Å²) in [6, 6.07) is 0. The van der Waals surface area contributed by atoms with E-state index in [0.29, 0.717) is 0 Å². The molecule has 2 aliphatic rings. The topological polar surface area (TPSA) is 20.2 Å². The van der Waals surface area contributed by atoms with Gasteiger partial charge in [-0.25, -0.2) is 0 Å². The number of hydrogen-bond donors (Lipinski definition) is 1. The molecule has 0 amide bonds. The normalized spacial score (nSPS) is 22.2. The number of hydrogen-bond acceptors (Lipinski definition) is 1. The smallest absolute Gasteiger partial charge is 0.0838 e. The Kier molecular flexibility index (Phi) is 2.37. The summed E-state index contributed by atoms with van der Waals surface area (Å²) in [7, 11) is 0. The van der Waals surface area contributed by atoms with Crippen molar-refractivity contribution < 1.29 is 4.89 Å². The zero-order valence-corrected chi connectivity index (χ0v) is 8.79. The maximum Gasteiger partial charge on any atom is 0.0838 e. The van der Waals surface area contributed by atoms with Gasteiger partial charge in [-0.05, 0) is 0 Å². The van der Waals surface area contributed by atoms with Crippen molar-refractivity contribution in [2.45, 2.75) is 11.3 Å². The van der Waals surface area contributed by atoms with Crippen molar-refractivity contribution in [2.24, 2.45) is 0 Å². The third kappa shape index (κ3) is 1.62. The molecule has 0 fully saturated rings. The Morgan fingerprint density at radius 1 is 0.846 bits per heavy atom. The molecule has 0 aromatic rings. The molecule has 68 valence electrons. The second-order valence-electron chi connectivity index (χ2n) is 3.19. The van der Waals surface area contributed by atoms with Gasteiger partial charge in [-0.1, -0.05) is 60.4 Å². The van der Waals surface area contributed by atoms with E-state index in [2.05, 4.69) is 0 Å². The fourth-order valence-electron chi connectivity index (χ4n) is 1.53. The second-order valence-corrected chi connectivity index (χ2v) is 7.49. The summed E-state index contributed by atoms with van der Waals surface area (Å²) < 4.78 is 0. The predicted octanol–water partition coefficient (Wildman–Crippen LogP) is 2.36. The molecule has 0 spiro atoms.